The van der Waals surface area contributed by atoms with Gasteiger partial charge < -0.3 is 9.84 Å². The van der Waals surface area contributed by atoms with E-state index in [0.717, 1.165) is 25.7 Å². The minimum Gasteiger partial charge on any atom is -0.480 e. The van der Waals surface area contributed by atoms with Crippen LogP contribution in [0.5, 0.6) is 0 Å². The van der Waals surface area contributed by atoms with E-state index in [-0.39, 0.29) is 12.7 Å². The largest absolute Gasteiger partial charge is 0.480 e. The van der Waals surface area contributed by atoms with E-state index in [1.807, 2.05) is 0 Å². The second-order valence-electron chi connectivity index (χ2n) is 3.11. The van der Waals surface area contributed by atoms with E-state index in [1.54, 1.807) is 0 Å². The molecular weight excluding hydrogens is 168 g/mol. The second-order valence-corrected chi connectivity index (χ2v) is 3.11. The van der Waals surface area contributed by atoms with Crippen molar-refractivity contribution >= 4 is 5.97 Å². The Hall–Kier alpha value is -1.01. The molecule has 0 radical (unpaired) electrons. The highest BCUT2D eigenvalue weighted by molar-refractivity contribution is 5.68. The maximum atomic E-state index is 10.2. The maximum absolute atomic E-state index is 10.2. The average Bonchev–Trinajstić information content (AvgIpc) is 2.01. The van der Waals surface area contributed by atoms with Crippen LogP contribution < -0.4 is 0 Å². The summed E-state index contributed by atoms with van der Waals surface area (Å²) < 4.78 is 5.11. The molecule has 0 bridgehead atoms. The summed E-state index contributed by atoms with van der Waals surface area (Å²) in [6, 6.07) is 0. The lowest BCUT2D eigenvalue weighted by molar-refractivity contribution is -0.143. The lowest BCUT2D eigenvalue weighted by Gasteiger charge is -2.11. The van der Waals surface area contributed by atoms with Crippen molar-refractivity contribution in [1.29, 1.82) is 0 Å². The van der Waals surface area contributed by atoms with Crippen molar-refractivity contribution in [3.05, 3.63) is 0 Å². The quantitative estimate of drug-likeness (QED) is 0.671. The van der Waals surface area contributed by atoms with Crippen molar-refractivity contribution in [3.8, 4) is 11.8 Å². The molecule has 0 aliphatic heterocycles. The van der Waals surface area contributed by atoms with E-state index >= 15 is 0 Å². The SMILES string of the molecule is O=C(O)CO[C@@H]1C#CCCCCC1. The Kier molecular flexibility index (Phi) is 4.34. The van der Waals surface area contributed by atoms with Crippen molar-refractivity contribution in [2.75, 3.05) is 6.61 Å². The number of carboxylic acid groups (broad SMARTS) is 1. The van der Waals surface area contributed by atoms with Gasteiger partial charge in [0.1, 0.15) is 12.7 Å². The smallest absolute Gasteiger partial charge is 0.329 e. The van der Waals surface area contributed by atoms with E-state index in [1.165, 1.54) is 6.42 Å². The predicted molar refractivity (Wildman–Crippen MR) is 48.2 cm³/mol. The molecule has 0 aromatic carbocycles. The molecule has 0 aromatic rings. The van der Waals surface area contributed by atoms with Gasteiger partial charge in [-0.05, 0) is 19.3 Å². The van der Waals surface area contributed by atoms with Gasteiger partial charge in [0.25, 0.3) is 0 Å². The molecule has 0 spiro atoms. The Morgan fingerprint density at radius 2 is 2.31 bits per heavy atom. The van der Waals surface area contributed by atoms with Gasteiger partial charge in [0.2, 0.25) is 0 Å². The van der Waals surface area contributed by atoms with Crippen LogP contribution in [0.25, 0.3) is 0 Å². The highest BCUT2D eigenvalue weighted by Gasteiger charge is 2.08. The van der Waals surface area contributed by atoms with Gasteiger partial charge in [0.15, 0.2) is 0 Å². The summed E-state index contributed by atoms with van der Waals surface area (Å²) >= 11 is 0. The Bertz CT molecular complexity index is 224. The summed E-state index contributed by atoms with van der Waals surface area (Å²) in [5.74, 6) is 5.01. The Labute approximate surface area is 78.1 Å². The summed E-state index contributed by atoms with van der Waals surface area (Å²) in [6.07, 6.45) is 5.00. The number of ether oxygens (including phenoxy) is 1. The molecule has 13 heavy (non-hydrogen) atoms. The standard InChI is InChI=1S/C10H14O3/c11-10(12)8-13-9-6-4-2-1-3-5-7-9/h9H,1-4,6,8H2,(H,11,12)/t9-/m0/s1. The van der Waals surface area contributed by atoms with Gasteiger partial charge in [-0.1, -0.05) is 12.3 Å². The summed E-state index contributed by atoms with van der Waals surface area (Å²) in [5.41, 5.74) is 0. The van der Waals surface area contributed by atoms with Crippen LogP contribution >= 0.6 is 0 Å². The van der Waals surface area contributed by atoms with Crippen molar-refractivity contribution in [2.24, 2.45) is 0 Å². The molecule has 1 aliphatic carbocycles. The first-order valence-corrected chi connectivity index (χ1v) is 4.61. The monoisotopic (exact) mass is 182 g/mol. The van der Waals surface area contributed by atoms with Gasteiger partial charge >= 0.3 is 5.97 Å². The third kappa shape index (κ3) is 4.54. The fraction of sp³-hybridized carbons (Fsp3) is 0.700. The van der Waals surface area contributed by atoms with Crippen LogP contribution in [0.2, 0.25) is 0 Å². The molecule has 3 heteroatoms. The molecule has 0 unspecified atom stereocenters. The second kappa shape index (κ2) is 5.60. The highest BCUT2D eigenvalue weighted by atomic mass is 16.5. The normalized spacial score (nSPS) is 22.3. The Balaban J connectivity index is 2.32. The third-order valence-electron chi connectivity index (χ3n) is 1.94. The summed E-state index contributed by atoms with van der Waals surface area (Å²) in [4.78, 5) is 10.2. The van der Waals surface area contributed by atoms with Gasteiger partial charge in [-0.2, -0.15) is 0 Å². The topological polar surface area (TPSA) is 46.5 Å². The van der Waals surface area contributed by atoms with Gasteiger partial charge in [-0.3, -0.25) is 0 Å². The average molecular weight is 182 g/mol. The van der Waals surface area contributed by atoms with Crippen molar-refractivity contribution in [3.63, 3.8) is 0 Å². The number of hydrogen-bond acceptors (Lipinski definition) is 2. The van der Waals surface area contributed by atoms with Crippen molar-refractivity contribution in [1.82, 2.24) is 0 Å². The molecular formula is C10H14O3. The zero-order chi connectivity index (χ0) is 9.52. The van der Waals surface area contributed by atoms with Gasteiger partial charge in [0, 0.05) is 6.42 Å². The third-order valence-corrected chi connectivity index (χ3v) is 1.94. The molecule has 0 saturated carbocycles. The van der Waals surface area contributed by atoms with Crippen LogP contribution in [0.1, 0.15) is 32.1 Å². The fourth-order valence-corrected chi connectivity index (χ4v) is 1.27. The summed E-state index contributed by atoms with van der Waals surface area (Å²) in [5, 5.41) is 8.40. The molecule has 0 aromatic heterocycles. The zero-order valence-electron chi connectivity index (χ0n) is 7.58. The molecule has 0 heterocycles. The van der Waals surface area contributed by atoms with E-state index in [2.05, 4.69) is 11.8 Å². The van der Waals surface area contributed by atoms with Crippen LogP contribution in [0.3, 0.4) is 0 Å². The minimum absolute atomic E-state index is 0.170. The van der Waals surface area contributed by atoms with E-state index in [9.17, 15) is 4.79 Å². The minimum atomic E-state index is -0.927. The Morgan fingerprint density at radius 1 is 1.46 bits per heavy atom. The molecule has 3 nitrogen and oxygen atoms in total. The number of aliphatic carboxylic acids is 1. The lowest BCUT2D eigenvalue weighted by Crippen LogP contribution is -2.17. The first kappa shape index (κ1) is 10.1. The fourth-order valence-electron chi connectivity index (χ4n) is 1.27. The molecule has 0 fully saturated rings. The van der Waals surface area contributed by atoms with E-state index < -0.39 is 5.97 Å². The number of rotatable bonds is 3. The van der Waals surface area contributed by atoms with E-state index in [4.69, 9.17) is 9.84 Å². The van der Waals surface area contributed by atoms with Crippen LogP contribution in [-0.4, -0.2) is 23.8 Å². The van der Waals surface area contributed by atoms with Crippen LogP contribution in [0, 0.1) is 11.8 Å². The van der Waals surface area contributed by atoms with Crippen LogP contribution in [0.15, 0.2) is 0 Å². The van der Waals surface area contributed by atoms with E-state index in [0.29, 0.717) is 0 Å². The molecule has 0 amide bonds. The first-order valence-electron chi connectivity index (χ1n) is 4.61. The first-order chi connectivity index (χ1) is 6.29. The lowest BCUT2D eigenvalue weighted by atomic mass is 10.1. The van der Waals surface area contributed by atoms with Gasteiger partial charge in [-0.15, -0.1) is 5.92 Å². The van der Waals surface area contributed by atoms with Crippen molar-refractivity contribution < 1.29 is 14.6 Å². The number of carboxylic acids is 1. The molecule has 1 aliphatic rings. The van der Waals surface area contributed by atoms with Gasteiger partial charge in [0.05, 0.1) is 0 Å². The molecule has 0 saturated heterocycles. The molecule has 1 N–H and O–H groups in total. The Morgan fingerprint density at radius 3 is 3.08 bits per heavy atom. The zero-order valence-corrected chi connectivity index (χ0v) is 7.58. The predicted octanol–water partition coefficient (Wildman–Crippen LogP) is 1.42. The molecule has 72 valence electrons. The van der Waals surface area contributed by atoms with Crippen LogP contribution in [0.4, 0.5) is 0 Å². The molecule has 1 rings (SSSR count). The molecule has 1 atom stereocenters. The highest BCUT2D eigenvalue weighted by Crippen LogP contribution is 2.10. The van der Waals surface area contributed by atoms with Crippen molar-refractivity contribution in [2.45, 2.75) is 38.2 Å². The number of hydrogen-bond donors (Lipinski definition) is 1. The van der Waals surface area contributed by atoms with Crippen LogP contribution in [-0.2, 0) is 9.53 Å². The number of carbonyl (C=O) groups is 1. The maximum Gasteiger partial charge on any atom is 0.329 e. The summed E-state index contributed by atoms with van der Waals surface area (Å²) in [6.45, 7) is -0.237. The summed E-state index contributed by atoms with van der Waals surface area (Å²) in [7, 11) is 0. The van der Waals surface area contributed by atoms with Gasteiger partial charge in [-0.25, -0.2) is 4.79 Å².